The average Bonchev–Trinajstić information content (AvgIpc) is 3.60. The average molecular weight is 789 g/mol. The summed E-state index contributed by atoms with van der Waals surface area (Å²) in [6, 6.07) is 27.2. The lowest BCUT2D eigenvalue weighted by Crippen LogP contribution is -2.53. The van der Waals surface area contributed by atoms with Gasteiger partial charge in [-0.25, -0.2) is 4.39 Å². The minimum Gasteiger partial charge on any atom is -0.504 e. The lowest BCUT2D eigenvalue weighted by atomic mass is 9.49. The topological polar surface area (TPSA) is 119 Å². The number of carbonyl (C=O) groups excluding carboxylic acids is 4. The second kappa shape index (κ2) is 14.5. The Morgan fingerprint density at radius 2 is 1.60 bits per heavy atom. The van der Waals surface area contributed by atoms with Crippen molar-refractivity contribution >= 4 is 40.9 Å². The molecule has 292 valence electrons. The van der Waals surface area contributed by atoms with Crippen molar-refractivity contribution in [1.29, 1.82) is 0 Å². The van der Waals surface area contributed by atoms with Crippen LogP contribution in [0.5, 0.6) is 11.5 Å². The Kier molecular flexibility index (Phi) is 9.40. The summed E-state index contributed by atoms with van der Waals surface area (Å²) in [7, 11) is 1.44. The Balaban J connectivity index is 1.12. The SMILES string of the molecule is COc1ccc([C@H]2C3=CC[C@@H]4C(=O)N(C5CCN(Cc6ccccc6)CC5)C(=O)[C@@H]4[C@@H]3C[C@H]3C(=O)N(Nc4ccc(F)cc4)C(=O)[C@@]23c2ccc(Cl)cc2)cc1O. The number of phenolic OH excluding ortho intramolecular Hbond substituents is 1. The minimum atomic E-state index is -1.55. The number of hydrogen-bond acceptors (Lipinski definition) is 8. The summed E-state index contributed by atoms with van der Waals surface area (Å²) >= 11 is 6.40. The van der Waals surface area contributed by atoms with Crippen molar-refractivity contribution < 1.29 is 33.4 Å². The summed E-state index contributed by atoms with van der Waals surface area (Å²) in [6.07, 6.45) is 3.76. The van der Waals surface area contributed by atoms with Crippen molar-refractivity contribution in [3.63, 3.8) is 0 Å². The minimum absolute atomic E-state index is 0.128. The van der Waals surface area contributed by atoms with E-state index in [9.17, 15) is 23.9 Å². The molecular weight excluding hydrogens is 747 g/mol. The van der Waals surface area contributed by atoms with Crippen molar-refractivity contribution in [2.24, 2.45) is 23.7 Å². The Morgan fingerprint density at radius 1 is 0.877 bits per heavy atom. The van der Waals surface area contributed by atoms with Gasteiger partial charge >= 0.3 is 0 Å². The molecule has 6 atom stereocenters. The highest BCUT2D eigenvalue weighted by atomic mass is 35.5. The first-order valence-corrected chi connectivity index (χ1v) is 19.8. The van der Waals surface area contributed by atoms with E-state index < -0.39 is 52.6 Å². The number of benzene rings is 4. The molecule has 3 saturated heterocycles. The molecule has 12 heteroatoms. The summed E-state index contributed by atoms with van der Waals surface area (Å²) in [5, 5.41) is 12.6. The zero-order valence-electron chi connectivity index (χ0n) is 31.3. The van der Waals surface area contributed by atoms with Crippen LogP contribution in [-0.4, -0.2) is 69.8 Å². The van der Waals surface area contributed by atoms with E-state index in [0.29, 0.717) is 41.1 Å². The number of ether oxygens (including phenoxy) is 1. The molecule has 57 heavy (non-hydrogen) atoms. The van der Waals surface area contributed by atoms with Crippen LogP contribution >= 0.6 is 11.6 Å². The highest BCUT2D eigenvalue weighted by molar-refractivity contribution is 6.30. The van der Waals surface area contributed by atoms with Crippen LogP contribution in [-0.2, 0) is 31.1 Å². The number of methoxy groups -OCH3 is 1. The van der Waals surface area contributed by atoms with Gasteiger partial charge in [0.25, 0.3) is 11.8 Å². The third-order valence-corrected chi connectivity index (χ3v) is 13.2. The number of rotatable bonds is 8. The zero-order chi connectivity index (χ0) is 39.6. The second-order valence-corrected chi connectivity index (χ2v) is 16.3. The first-order chi connectivity index (χ1) is 27.6. The molecule has 4 fully saturated rings. The van der Waals surface area contributed by atoms with Crippen molar-refractivity contribution in [2.75, 3.05) is 25.6 Å². The van der Waals surface area contributed by atoms with Crippen LogP contribution in [0.25, 0.3) is 0 Å². The monoisotopic (exact) mass is 788 g/mol. The lowest BCUT2D eigenvalue weighted by molar-refractivity contribution is -0.144. The number of halogens is 2. The van der Waals surface area contributed by atoms with E-state index in [1.165, 1.54) is 41.8 Å². The van der Waals surface area contributed by atoms with Gasteiger partial charge in [-0.1, -0.05) is 71.8 Å². The van der Waals surface area contributed by atoms with E-state index in [1.54, 1.807) is 42.5 Å². The Morgan fingerprint density at radius 3 is 2.28 bits per heavy atom. The van der Waals surface area contributed by atoms with Gasteiger partial charge in [0.1, 0.15) is 5.82 Å². The van der Waals surface area contributed by atoms with Crippen LogP contribution in [0, 0.1) is 29.5 Å². The number of phenols is 1. The molecule has 0 aromatic heterocycles. The van der Waals surface area contributed by atoms with Crippen molar-refractivity contribution in [2.45, 2.75) is 49.6 Å². The van der Waals surface area contributed by atoms with Crippen molar-refractivity contribution in [3.8, 4) is 11.5 Å². The van der Waals surface area contributed by atoms with Crippen LogP contribution in [0.2, 0.25) is 5.02 Å². The van der Waals surface area contributed by atoms with Gasteiger partial charge in [0.15, 0.2) is 11.5 Å². The van der Waals surface area contributed by atoms with Crippen LogP contribution < -0.4 is 10.2 Å². The number of piperidine rings is 1. The highest BCUT2D eigenvalue weighted by Gasteiger charge is 2.70. The number of carbonyl (C=O) groups is 4. The predicted octanol–water partition coefficient (Wildman–Crippen LogP) is 6.84. The number of hydrogen-bond donors (Lipinski definition) is 2. The molecule has 0 radical (unpaired) electrons. The van der Waals surface area contributed by atoms with Gasteiger partial charge in [-0.2, -0.15) is 5.01 Å². The number of hydrazine groups is 1. The van der Waals surface area contributed by atoms with Gasteiger partial charge in [0, 0.05) is 36.6 Å². The third kappa shape index (κ3) is 6.01. The zero-order valence-corrected chi connectivity index (χ0v) is 32.1. The van der Waals surface area contributed by atoms with Crippen LogP contribution in [0.3, 0.4) is 0 Å². The number of aromatic hydroxyl groups is 1. The summed E-state index contributed by atoms with van der Waals surface area (Å²) in [4.78, 5) is 63.2. The number of fused-ring (bicyclic) bond motifs is 4. The number of allylic oxidation sites excluding steroid dienone is 2. The molecule has 3 heterocycles. The number of nitrogens with one attached hydrogen (secondary N) is 1. The number of amides is 4. The molecule has 0 spiro atoms. The summed E-state index contributed by atoms with van der Waals surface area (Å²) < 4.78 is 19.3. The van der Waals surface area contributed by atoms with Gasteiger partial charge in [-0.15, -0.1) is 0 Å². The molecule has 9 rings (SSSR count). The third-order valence-electron chi connectivity index (χ3n) is 13.0. The highest BCUT2D eigenvalue weighted by Crippen LogP contribution is 2.64. The summed E-state index contributed by atoms with van der Waals surface area (Å²) in [5.41, 5.74) is 4.82. The Bertz CT molecular complexity index is 2280. The van der Waals surface area contributed by atoms with E-state index >= 15 is 4.79 Å². The maximum atomic E-state index is 15.3. The Labute approximate surface area is 334 Å². The molecule has 1 saturated carbocycles. The number of imide groups is 2. The van der Waals surface area contributed by atoms with E-state index in [2.05, 4.69) is 22.5 Å². The maximum Gasteiger partial charge on any atom is 0.260 e. The van der Waals surface area contributed by atoms with E-state index in [0.717, 1.165) is 30.2 Å². The first kappa shape index (κ1) is 37.1. The quantitative estimate of drug-likeness (QED) is 0.147. The summed E-state index contributed by atoms with van der Waals surface area (Å²) in [5.74, 6) is -5.54. The molecule has 4 aromatic carbocycles. The molecule has 4 amide bonds. The van der Waals surface area contributed by atoms with Crippen LogP contribution in [0.1, 0.15) is 48.3 Å². The molecule has 5 aliphatic rings. The van der Waals surface area contributed by atoms with Gasteiger partial charge in [0.05, 0.1) is 36.0 Å². The van der Waals surface area contributed by atoms with Gasteiger partial charge in [0.2, 0.25) is 11.8 Å². The second-order valence-electron chi connectivity index (χ2n) is 15.8. The molecule has 3 aliphatic heterocycles. The largest absolute Gasteiger partial charge is 0.504 e. The van der Waals surface area contributed by atoms with Crippen LogP contribution in [0.15, 0.2) is 109 Å². The van der Waals surface area contributed by atoms with Crippen LogP contribution in [0.4, 0.5) is 10.1 Å². The van der Waals surface area contributed by atoms with Gasteiger partial charge in [-0.3, -0.25) is 34.4 Å². The van der Waals surface area contributed by atoms with E-state index in [-0.39, 0.29) is 35.8 Å². The van der Waals surface area contributed by atoms with E-state index in [1.807, 2.05) is 24.3 Å². The van der Waals surface area contributed by atoms with Crippen molar-refractivity contribution in [3.05, 3.63) is 136 Å². The summed E-state index contributed by atoms with van der Waals surface area (Å²) in [6.45, 7) is 2.30. The Hall–Kier alpha value is -5.52. The first-order valence-electron chi connectivity index (χ1n) is 19.5. The normalized spacial score (nSPS) is 27.6. The van der Waals surface area contributed by atoms with Crippen molar-refractivity contribution in [1.82, 2.24) is 14.8 Å². The molecular formula is C45H42ClFN4O6. The smallest absolute Gasteiger partial charge is 0.260 e. The standard InChI is InChI=1S/C45H42ClFN4O6/c1-57-38-18-7-27(23-37(38)52)40-33-16-17-34-39(43(55)50(41(34)53)32-19-21-49(22-20-32)25-26-5-3-2-4-6-26)35(33)24-36-42(54)51(48-31-14-12-30(47)13-15-31)44(56)45(36,40)28-8-10-29(46)11-9-28/h2-16,18,23,32,34-36,39-40,48,52H,17,19-22,24-25H2,1H3/t34-,35+,36-,39-,40-,45+/m0/s1. The number of likely N-dealkylation sites (tertiary alicyclic amines) is 2. The fourth-order valence-corrected chi connectivity index (χ4v) is 10.6. The van der Waals surface area contributed by atoms with Gasteiger partial charge < -0.3 is 9.84 Å². The molecule has 4 aromatic rings. The fraction of sp³-hybridized carbons (Fsp3) is 0.333. The fourth-order valence-electron chi connectivity index (χ4n) is 10.5. The van der Waals surface area contributed by atoms with E-state index in [4.69, 9.17) is 16.3 Å². The molecule has 10 nitrogen and oxygen atoms in total. The molecule has 0 unspecified atom stereocenters. The number of anilines is 1. The maximum absolute atomic E-state index is 15.3. The predicted molar refractivity (Wildman–Crippen MR) is 210 cm³/mol. The lowest BCUT2D eigenvalue weighted by Gasteiger charge is -2.50. The number of nitrogens with zero attached hydrogens (tertiary/aromatic N) is 3. The van der Waals surface area contributed by atoms with Gasteiger partial charge in [-0.05, 0) is 96.8 Å². The molecule has 0 bridgehead atoms. The molecule has 2 N–H and O–H groups in total. The molecule has 2 aliphatic carbocycles.